The Morgan fingerprint density at radius 3 is 2.62 bits per heavy atom. The van der Waals surface area contributed by atoms with Gasteiger partial charge in [0.15, 0.2) is 11.5 Å². The van der Waals surface area contributed by atoms with Crippen LogP contribution in [-0.2, 0) is 6.54 Å². The van der Waals surface area contributed by atoms with E-state index in [9.17, 15) is 9.18 Å². The number of carbonyl (C=O) groups excluding carboxylic acids is 1. The third-order valence-electron chi connectivity index (χ3n) is 6.29. The van der Waals surface area contributed by atoms with Gasteiger partial charge in [0.2, 0.25) is 0 Å². The number of fused-ring (bicyclic) bond motifs is 1. The summed E-state index contributed by atoms with van der Waals surface area (Å²) in [6.07, 6.45) is 4.24. The maximum Gasteiger partial charge on any atom is 0.253 e. The molecular weight excluding hydrogens is 433 g/mol. The van der Waals surface area contributed by atoms with Crippen molar-refractivity contribution in [2.75, 3.05) is 26.3 Å². The number of nitrogens with one attached hydrogen (secondary N) is 1. The topological polar surface area (TPSA) is 63.7 Å². The first-order valence-corrected chi connectivity index (χ1v) is 11.8. The number of benzene rings is 2. The molecule has 5 rings (SSSR count). The second kappa shape index (κ2) is 10.2. The van der Waals surface area contributed by atoms with E-state index in [1.54, 1.807) is 30.5 Å². The van der Waals surface area contributed by atoms with Crippen molar-refractivity contribution in [1.29, 1.82) is 0 Å². The number of likely N-dealkylation sites (tertiary alicyclic amines) is 1. The van der Waals surface area contributed by atoms with E-state index in [2.05, 4.69) is 27.3 Å². The van der Waals surface area contributed by atoms with Crippen molar-refractivity contribution in [1.82, 2.24) is 15.2 Å². The van der Waals surface area contributed by atoms with Crippen LogP contribution in [0.2, 0.25) is 0 Å². The zero-order valence-electron chi connectivity index (χ0n) is 19.0. The van der Waals surface area contributed by atoms with Gasteiger partial charge in [-0.15, -0.1) is 0 Å². The predicted molar refractivity (Wildman–Crippen MR) is 127 cm³/mol. The fourth-order valence-corrected chi connectivity index (χ4v) is 4.42. The van der Waals surface area contributed by atoms with E-state index in [0.717, 1.165) is 50.4 Å². The van der Waals surface area contributed by atoms with E-state index in [4.69, 9.17) is 9.47 Å². The molecule has 2 aliphatic rings. The highest BCUT2D eigenvalue weighted by Crippen LogP contribution is 2.31. The highest BCUT2D eigenvalue weighted by atomic mass is 19.1. The molecule has 2 aromatic carbocycles. The average molecular weight is 462 g/mol. The highest BCUT2D eigenvalue weighted by Gasteiger charge is 2.22. The highest BCUT2D eigenvalue weighted by molar-refractivity contribution is 5.94. The molecule has 0 bridgehead atoms. The minimum atomic E-state index is -0.308. The zero-order valence-corrected chi connectivity index (χ0v) is 19.0. The number of hydrogen-bond acceptors (Lipinski definition) is 5. The summed E-state index contributed by atoms with van der Waals surface area (Å²) in [5, 5.41) is 3.13. The van der Waals surface area contributed by atoms with Crippen molar-refractivity contribution in [3.8, 4) is 22.8 Å². The number of halogens is 1. The van der Waals surface area contributed by atoms with E-state index in [1.165, 1.54) is 17.7 Å². The fourth-order valence-electron chi connectivity index (χ4n) is 4.42. The molecule has 3 aromatic rings. The van der Waals surface area contributed by atoms with Crippen LogP contribution in [0.4, 0.5) is 4.39 Å². The molecule has 7 heteroatoms. The molecule has 0 aliphatic carbocycles. The molecule has 1 N–H and O–H groups in total. The Labute approximate surface area is 198 Å². The summed E-state index contributed by atoms with van der Waals surface area (Å²) in [5.74, 6) is 1.21. The predicted octanol–water partition coefficient (Wildman–Crippen LogP) is 4.44. The second-order valence-corrected chi connectivity index (χ2v) is 8.80. The first-order valence-electron chi connectivity index (χ1n) is 11.8. The van der Waals surface area contributed by atoms with Crippen LogP contribution in [0.1, 0.15) is 35.2 Å². The van der Waals surface area contributed by atoms with Crippen LogP contribution in [0.15, 0.2) is 60.8 Å². The van der Waals surface area contributed by atoms with Crippen molar-refractivity contribution < 1.29 is 18.7 Å². The van der Waals surface area contributed by atoms with Gasteiger partial charge >= 0.3 is 0 Å². The van der Waals surface area contributed by atoms with Gasteiger partial charge in [0, 0.05) is 43.9 Å². The van der Waals surface area contributed by atoms with Crippen LogP contribution in [0, 0.1) is 5.82 Å². The van der Waals surface area contributed by atoms with Gasteiger partial charge < -0.3 is 14.8 Å². The monoisotopic (exact) mass is 461 g/mol. The lowest BCUT2D eigenvalue weighted by Gasteiger charge is -2.32. The van der Waals surface area contributed by atoms with Crippen molar-refractivity contribution in [2.45, 2.75) is 31.8 Å². The Kier molecular flexibility index (Phi) is 6.72. The van der Waals surface area contributed by atoms with Crippen LogP contribution in [0.25, 0.3) is 11.3 Å². The largest absolute Gasteiger partial charge is 0.490 e. The molecular formula is C27H28FN3O3. The normalized spacial score (nSPS) is 16.6. The molecule has 3 heterocycles. The fraction of sp³-hybridized carbons (Fsp3) is 0.333. The van der Waals surface area contributed by atoms with Gasteiger partial charge in [0.05, 0.1) is 24.5 Å². The summed E-state index contributed by atoms with van der Waals surface area (Å²) in [7, 11) is 0. The summed E-state index contributed by atoms with van der Waals surface area (Å²) in [4.78, 5) is 19.4. The van der Waals surface area contributed by atoms with E-state index in [-0.39, 0.29) is 17.8 Å². The van der Waals surface area contributed by atoms with Crippen molar-refractivity contribution >= 4 is 5.91 Å². The summed E-state index contributed by atoms with van der Waals surface area (Å²) in [6.45, 7) is 4.05. The molecule has 34 heavy (non-hydrogen) atoms. The third kappa shape index (κ3) is 5.37. The summed E-state index contributed by atoms with van der Waals surface area (Å²) >= 11 is 0. The minimum Gasteiger partial charge on any atom is -0.490 e. The van der Waals surface area contributed by atoms with Gasteiger partial charge in [-0.25, -0.2) is 4.39 Å². The molecule has 0 radical (unpaired) electrons. The molecule has 0 unspecified atom stereocenters. The lowest BCUT2D eigenvalue weighted by molar-refractivity contribution is 0.0908. The number of carbonyl (C=O) groups is 1. The smallest absolute Gasteiger partial charge is 0.253 e. The number of nitrogens with zero attached hydrogens (tertiary/aromatic N) is 2. The Bertz CT molecular complexity index is 1140. The molecule has 0 saturated carbocycles. The van der Waals surface area contributed by atoms with Gasteiger partial charge in [-0.2, -0.15) is 0 Å². The SMILES string of the molecule is O=C(NC1CCN(Cc2ccc3c(c2)OCCCO3)CC1)c1ccc(-c2cccc(F)c2)nc1. The van der Waals surface area contributed by atoms with Crippen LogP contribution < -0.4 is 14.8 Å². The molecule has 0 atom stereocenters. The van der Waals surface area contributed by atoms with Crippen LogP contribution >= 0.6 is 0 Å². The maximum absolute atomic E-state index is 13.4. The third-order valence-corrected chi connectivity index (χ3v) is 6.29. The summed E-state index contributed by atoms with van der Waals surface area (Å²) < 4.78 is 25.0. The Hall–Kier alpha value is -3.45. The van der Waals surface area contributed by atoms with Gasteiger partial charge in [-0.1, -0.05) is 18.2 Å². The number of aromatic nitrogens is 1. The van der Waals surface area contributed by atoms with Crippen molar-refractivity contribution in [2.24, 2.45) is 0 Å². The van der Waals surface area contributed by atoms with Gasteiger partial charge in [0.1, 0.15) is 5.82 Å². The Balaban J connectivity index is 1.12. The van der Waals surface area contributed by atoms with Crippen LogP contribution in [0.5, 0.6) is 11.5 Å². The second-order valence-electron chi connectivity index (χ2n) is 8.80. The maximum atomic E-state index is 13.4. The van der Waals surface area contributed by atoms with Crippen LogP contribution in [-0.4, -0.2) is 48.1 Å². The lowest BCUT2D eigenvalue weighted by atomic mass is 10.0. The summed E-state index contributed by atoms with van der Waals surface area (Å²) in [5.41, 5.74) is 3.04. The number of pyridine rings is 1. The number of hydrogen-bond donors (Lipinski definition) is 1. The molecule has 6 nitrogen and oxygen atoms in total. The molecule has 2 aliphatic heterocycles. The minimum absolute atomic E-state index is 0.125. The Morgan fingerprint density at radius 1 is 1.03 bits per heavy atom. The zero-order chi connectivity index (χ0) is 23.3. The van der Waals surface area contributed by atoms with Crippen molar-refractivity contribution in [3.63, 3.8) is 0 Å². The Morgan fingerprint density at radius 2 is 1.85 bits per heavy atom. The first-order chi connectivity index (χ1) is 16.6. The van der Waals surface area contributed by atoms with Crippen molar-refractivity contribution in [3.05, 3.63) is 77.7 Å². The van der Waals surface area contributed by atoms with Gasteiger partial charge in [-0.05, 0) is 54.8 Å². The van der Waals surface area contributed by atoms with E-state index < -0.39 is 0 Å². The number of rotatable bonds is 5. The standard InChI is InChI=1S/C27H28FN3O3/c28-22-4-1-3-20(16-22)24-7-6-21(17-29-24)27(32)30-23-9-11-31(12-10-23)18-19-5-8-25-26(15-19)34-14-2-13-33-25/h1,3-8,15-17,23H,2,9-14,18H2,(H,30,32). The molecule has 176 valence electrons. The average Bonchev–Trinajstić information content (AvgIpc) is 3.10. The summed E-state index contributed by atoms with van der Waals surface area (Å²) in [6, 6.07) is 16.1. The van der Waals surface area contributed by atoms with E-state index in [0.29, 0.717) is 30.0 Å². The lowest BCUT2D eigenvalue weighted by Crippen LogP contribution is -2.44. The molecule has 1 saturated heterocycles. The van der Waals surface area contributed by atoms with Crippen LogP contribution in [0.3, 0.4) is 0 Å². The number of ether oxygens (including phenoxy) is 2. The van der Waals surface area contributed by atoms with Gasteiger partial charge in [-0.3, -0.25) is 14.7 Å². The van der Waals surface area contributed by atoms with E-state index in [1.807, 2.05) is 6.07 Å². The van der Waals surface area contributed by atoms with Gasteiger partial charge in [0.25, 0.3) is 5.91 Å². The molecule has 0 spiro atoms. The quantitative estimate of drug-likeness (QED) is 0.609. The molecule has 1 aromatic heterocycles. The number of amides is 1. The first kappa shape index (κ1) is 22.3. The molecule has 1 fully saturated rings. The molecule has 1 amide bonds. The van der Waals surface area contributed by atoms with E-state index >= 15 is 0 Å². The number of piperidine rings is 1.